The highest BCUT2D eigenvalue weighted by Gasteiger charge is 2.30. The van der Waals surface area contributed by atoms with E-state index >= 15 is 0 Å². The Morgan fingerprint density at radius 2 is 1.96 bits per heavy atom. The standard InChI is InChI=1S/C16H22FN3O3S/c1-12-11-20(9-6-18-12)24(22,23)13-4-5-14(15(17)10-13)16(21)19-7-2-3-8-19/h4-5,10,12,18H,2-3,6-9,11H2,1H3. The van der Waals surface area contributed by atoms with E-state index in [0.717, 1.165) is 18.9 Å². The van der Waals surface area contributed by atoms with Crippen LogP contribution in [0.4, 0.5) is 4.39 Å². The summed E-state index contributed by atoms with van der Waals surface area (Å²) in [6, 6.07) is 3.63. The Balaban J connectivity index is 1.84. The second-order valence-electron chi connectivity index (χ2n) is 6.36. The number of piperazine rings is 1. The maximum Gasteiger partial charge on any atom is 0.256 e. The van der Waals surface area contributed by atoms with Gasteiger partial charge in [0.25, 0.3) is 5.91 Å². The SMILES string of the molecule is CC1CN(S(=O)(=O)c2ccc(C(=O)N3CCCC3)c(F)c2)CCN1. The lowest BCUT2D eigenvalue weighted by Crippen LogP contribution is -2.51. The Morgan fingerprint density at radius 1 is 1.25 bits per heavy atom. The Hall–Kier alpha value is -1.51. The molecule has 2 saturated heterocycles. The van der Waals surface area contributed by atoms with Gasteiger partial charge in [-0.25, -0.2) is 12.8 Å². The number of amides is 1. The maximum atomic E-state index is 14.4. The largest absolute Gasteiger partial charge is 0.339 e. The molecule has 2 heterocycles. The monoisotopic (exact) mass is 355 g/mol. The van der Waals surface area contributed by atoms with Crippen LogP contribution in [0, 0.1) is 5.82 Å². The molecule has 24 heavy (non-hydrogen) atoms. The van der Waals surface area contributed by atoms with Gasteiger partial charge in [-0.15, -0.1) is 0 Å². The van der Waals surface area contributed by atoms with E-state index in [-0.39, 0.29) is 22.4 Å². The lowest BCUT2D eigenvalue weighted by Gasteiger charge is -2.31. The number of rotatable bonds is 3. The van der Waals surface area contributed by atoms with Crippen molar-refractivity contribution in [1.29, 1.82) is 0 Å². The first kappa shape index (κ1) is 17.3. The molecule has 3 rings (SSSR count). The average molecular weight is 355 g/mol. The molecule has 132 valence electrons. The Morgan fingerprint density at radius 3 is 2.58 bits per heavy atom. The molecule has 1 unspecified atom stereocenters. The van der Waals surface area contributed by atoms with Crippen molar-refractivity contribution in [3.63, 3.8) is 0 Å². The fourth-order valence-electron chi connectivity index (χ4n) is 3.18. The Kier molecular flexibility index (Phi) is 4.89. The zero-order chi connectivity index (χ0) is 17.3. The van der Waals surface area contributed by atoms with E-state index in [0.29, 0.717) is 32.7 Å². The number of nitrogens with one attached hydrogen (secondary N) is 1. The molecule has 2 aliphatic heterocycles. The molecule has 0 saturated carbocycles. The third kappa shape index (κ3) is 3.31. The Bertz CT molecular complexity index is 732. The van der Waals surface area contributed by atoms with Gasteiger partial charge in [0.15, 0.2) is 0 Å². The zero-order valence-corrected chi connectivity index (χ0v) is 14.5. The number of likely N-dealkylation sites (tertiary alicyclic amines) is 1. The van der Waals surface area contributed by atoms with Crippen LogP contribution in [0.25, 0.3) is 0 Å². The minimum atomic E-state index is -3.75. The summed E-state index contributed by atoms with van der Waals surface area (Å²) < 4.78 is 41.1. The molecule has 1 aromatic rings. The summed E-state index contributed by atoms with van der Waals surface area (Å²) in [6.45, 7) is 4.41. The van der Waals surface area contributed by atoms with Crippen molar-refractivity contribution in [2.45, 2.75) is 30.7 Å². The molecule has 1 amide bonds. The summed E-state index contributed by atoms with van der Waals surface area (Å²) >= 11 is 0. The van der Waals surface area contributed by atoms with Crippen molar-refractivity contribution in [2.24, 2.45) is 0 Å². The minimum absolute atomic E-state index is 0.0504. The summed E-state index contributed by atoms with van der Waals surface area (Å²) in [4.78, 5) is 13.8. The molecule has 2 aliphatic rings. The predicted molar refractivity (Wildman–Crippen MR) is 87.8 cm³/mol. The molecular weight excluding hydrogens is 333 g/mol. The van der Waals surface area contributed by atoms with Gasteiger partial charge in [-0.2, -0.15) is 4.31 Å². The van der Waals surface area contributed by atoms with Gasteiger partial charge < -0.3 is 10.2 Å². The zero-order valence-electron chi connectivity index (χ0n) is 13.7. The van der Waals surface area contributed by atoms with Crippen molar-refractivity contribution in [3.8, 4) is 0 Å². The molecule has 2 fully saturated rings. The highest BCUT2D eigenvalue weighted by molar-refractivity contribution is 7.89. The number of sulfonamides is 1. The highest BCUT2D eigenvalue weighted by Crippen LogP contribution is 2.22. The van der Waals surface area contributed by atoms with Gasteiger partial charge in [0.1, 0.15) is 5.82 Å². The smallest absolute Gasteiger partial charge is 0.256 e. The average Bonchev–Trinajstić information content (AvgIpc) is 3.08. The molecular formula is C16H22FN3O3S. The summed E-state index contributed by atoms with van der Waals surface area (Å²) in [7, 11) is -3.75. The van der Waals surface area contributed by atoms with Gasteiger partial charge in [0.05, 0.1) is 10.5 Å². The van der Waals surface area contributed by atoms with Crippen LogP contribution in [0.2, 0.25) is 0 Å². The van der Waals surface area contributed by atoms with E-state index in [9.17, 15) is 17.6 Å². The van der Waals surface area contributed by atoms with Crippen LogP contribution in [0.1, 0.15) is 30.1 Å². The molecule has 6 nitrogen and oxygen atoms in total. The first-order chi connectivity index (χ1) is 11.4. The fraction of sp³-hybridized carbons (Fsp3) is 0.562. The van der Waals surface area contributed by atoms with E-state index in [1.54, 1.807) is 4.90 Å². The molecule has 0 spiro atoms. The molecule has 0 aromatic heterocycles. The van der Waals surface area contributed by atoms with Crippen molar-refractivity contribution < 1.29 is 17.6 Å². The number of nitrogens with zero attached hydrogens (tertiary/aromatic N) is 2. The van der Waals surface area contributed by atoms with Gasteiger partial charge in [-0.05, 0) is 38.0 Å². The molecule has 0 aliphatic carbocycles. The van der Waals surface area contributed by atoms with Crippen LogP contribution in [0.5, 0.6) is 0 Å². The van der Waals surface area contributed by atoms with Crippen molar-refractivity contribution in [3.05, 3.63) is 29.6 Å². The van der Waals surface area contributed by atoms with Gasteiger partial charge >= 0.3 is 0 Å². The van der Waals surface area contributed by atoms with Crippen molar-refractivity contribution in [2.75, 3.05) is 32.7 Å². The minimum Gasteiger partial charge on any atom is -0.339 e. The number of carbonyl (C=O) groups excluding carboxylic acids is 1. The first-order valence-electron chi connectivity index (χ1n) is 8.22. The number of halogens is 1. The third-order valence-corrected chi connectivity index (χ3v) is 6.39. The number of benzene rings is 1. The lowest BCUT2D eigenvalue weighted by atomic mass is 10.2. The summed E-state index contributed by atoms with van der Waals surface area (Å²) in [6.07, 6.45) is 1.84. The lowest BCUT2D eigenvalue weighted by molar-refractivity contribution is 0.0788. The second-order valence-corrected chi connectivity index (χ2v) is 8.30. The van der Waals surface area contributed by atoms with Crippen LogP contribution in [0.15, 0.2) is 23.1 Å². The molecule has 8 heteroatoms. The van der Waals surface area contributed by atoms with Crippen LogP contribution in [-0.4, -0.2) is 62.3 Å². The number of hydrogen-bond donors (Lipinski definition) is 1. The number of hydrogen-bond acceptors (Lipinski definition) is 4. The Labute approximate surface area is 141 Å². The molecule has 1 aromatic carbocycles. The summed E-state index contributed by atoms with van der Waals surface area (Å²) in [5.74, 6) is -1.15. The van der Waals surface area contributed by atoms with Crippen LogP contribution in [-0.2, 0) is 10.0 Å². The predicted octanol–water partition coefficient (Wildman–Crippen LogP) is 1.04. The van der Waals surface area contributed by atoms with Gasteiger partial charge in [-0.3, -0.25) is 4.79 Å². The van der Waals surface area contributed by atoms with E-state index < -0.39 is 15.8 Å². The molecule has 1 atom stereocenters. The van der Waals surface area contributed by atoms with Gasteiger partial charge in [0, 0.05) is 38.8 Å². The van der Waals surface area contributed by atoms with Crippen LogP contribution in [0.3, 0.4) is 0 Å². The van der Waals surface area contributed by atoms with Gasteiger partial charge in [-0.1, -0.05) is 0 Å². The normalized spacial score (nSPS) is 22.8. The van der Waals surface area contributed by atoms with Crippen LogP contribution < -0.4 is 5.32 Å². The number of carbonyl (C=O) groups is 1. The fourth-order valence-corrected chi connectivity index (χ4v) is 4.73. The van der Waals surface area contributed by atoms with Crippen molar-refractivity contribution >= 4 is 15.9 Å². The van der Waals surface area contributed by atoms with E-state index in [2.05, 4.69) is 5.32 Å². The van der Waals surface area contributed by atoms with E-state index in [1.807, 2.05) is 6.92 Å². The van der Waals surface area contributed by atoms with E-state index in [4.69, 9.17) is 0 Å². The quantitative estimate of drug-likeness (QED) is 0.880. The van der Waals surface area contributed by atoms with E-state index in [1.165, 1.54) is 16.4 Å². The molecule has 0 bridgehead atoms. The highest BCUT2D eigenvalue weighted by atomic mass is 32.2. The summed E-state index contributed by atoms with van der Waals surface area (Å²) in [5.41, 5.74) is -0.0653. The molecule has 0 radical (unpaired) electrons. The van der Waals surface area contributed by atoms with Crippen LogP contribution >= 0.6 is 0 Å². The summed E-state index contributed by atoms with van der Waals surface area (Å²) in [5, 5.41) is 3.17. The maximum absolute atomic E-state index is 14.4. The first-order valence-corrected chi connectivity index (χ1v) is 9.66. The second kappa shape index (κ2) is 6.78. The topological polar surface area (TPSA) is 69.7 Å². The molecule has 1 N–H and O–H groups in total. The third-order valence-electron chi connectivity index (χ3n) is 4.53. The van der Waals surface area contributed by atoms with Crippen molar-refractivity contribution in [1.82, 2.24) is 14.5 Å². The van der Waals surface area contributed by atoms with Gasteiger partial charge in [0.2, 0.25) is 10.0 Å².